The summed E-state index contributed by atoms with van der Waals surface area (Å²) in [5.41, 5.74) is 6.72. The summed E-state index contributed by atoms with van der Waals surface area (Å²) in [6, 6.07) is 5.17. The predicted octanol–water partition coefficient (Wildman–Crippen LogP) is 1.51. The number of ether oxygens (including phenoxy) is 1. The first kappa shape index (κ1) is 10.7. The van der Waals surface area contributed by atoms with E-state index in [1.807, 2.05) is 0 Å². The molecule has 1 aromatic rings. The number of benzene rings is 1. The van der Waals surface area contributed by atoms with Crippen LogP contribution in [0.15, 0.2) is 18.2 Å². The van der Waals surface area contributed by atoms with Gasteiger partial charge in [-0.2, -0.15) is 0 Å². The molecule has 0 aromatic heterocycles. The number of anilines is 2. The summed E-state index contributed by atoms with van der Waals surface area (Å²) < 4.78 is 4.47. The van der Waals surface area contributed by atoms with Crippen LogP contribution in [0.2, 0.25) is 5.02 Å². The van der Waals surface area contributed by atoms with Crippen LogP contribution in [-0.4, -0.2) is 19.6 Å². The second-order valence-electron chi connectivity index (χ2n) is 2.63. The summed E-state index contributed by atoms with van der Waals surface area (Å²) in [5.74, 6) is -0.357. The van der Waals surface area contributed by atoms with Crippen molar-refractivity contribution in [3.63, 3.8) is 0 Å². The molecule has 0 aliphatic rings. The van der Waals surface area contributed by atoms with Gasteiger partial charge in [0.2, 0.25) is 0 Å². The van der Waals surface area contributed by atoms with Crippen LogP contribution in [0.1, 0.15) is 0 Å². The van der Waals surface area contributed by atoms with Gasteiger partial charge >= 0.3 is 5.97 Å². The monoisotopic (exact) mass is 214 g/mol. The summed E-state index contributed by atoms with van der Waals surface area (Å²) in [5, 5.41) is 3.28. The Kier molecular flexibility index (Phi) is 3.59. The lowest BCUT2D eigenvalue weighted by Crippen LogP contribution is -2.15. The number of carbonyl (C=O) groups is 1. The standard InChI is InChI=1S/C9H11ClN2O2/c1-14-8(13)5-12-7-4-2-3-6(10)9(7)11/h2-4,12H,5,11H2,1H3. The van der Waals surface area contributed by atoms with Crippen LogP contribution in [-0.2, 0) is 9.53 Å². The molecule has 0 heterocycles. The zero-order valence-electron chi connectivity index (χ0n) is 7.71. The fraction of sp³-hybridized carbons (Fsp3) is 0.222. The Labute approximate surface area is 87.0 Å². The van der Waals surface area contributed by atoms with Crippen LogP contribution in [0, 0.1) is 0 Å². The van der Waals surface area contributed by atoms with E-state index >= 15 is 0 Å². The first-order valence-electron chi connectivity index (χ1n) is 4.00. The van der Waals surface area contributed by atoms with E-state index in [9.17, 15) is 4.79 Å². The molecule has 3 N–H and O–H groups in total. The van der Waals surface area contributed by atoms with E-state index in [0.29, 0.717) is 16.4 Å². The van der Waals surface area contributed by atoms with Crippen molar-refractivity contribution in [3.8, 4) is 0 Å². The number of rotatable bonds is 3. The van der Waals surface area contributed by atoms with Gasteiger partial charge in [-0.3, -0.25) is 4.79 Å². The number of nitrogens with two attached hydrogens (primary N) is 1. The number of nitrogen functional groups attached to an aromatic ring is 1. The summed E-state index contributed by atoms with van der Waals surface area (Å²) in [6.45, 7) is 0.0705. The number of hydrogen-bond donors (Lipinski definition) is 2. The normalized spacial score (nSPS) is 9.57. The van der Waals surface area contributed by atoms with Gasteiger partial charge in [-0.15, -0.1) is 0 Å². The third kappa shape index (κ3) is 2.53. The molecule has 0 bridgehead atoms. The minimum Gasteiger partial charge on any atom is -0.468 e. The Bertz CT molecular complexity index is 342. The van der Waals surface area contributed by atoms with Gasteiger partial charge < -0.3 is 15.8 Å². The Balaban J connectivity index is 2.68. The van der Waals surface area contributed by atoms with Crippen LogP contribution in [0.3, 0.4) is 0 Å². The van der Waals surface area contributed by atoms with E-state index in [2.05, 4.69) is 10.1 Å². The number of methoxy groups -OCH3 is 1. The van der Waals surface area contributed by atoms with Crippen molar-refractivity contribution in [3.05, 3.63) is 23.2 Å². The van der Waals surface area contributed by atoms with Gasteiger partial charge in [0.15, 0.2) is 0 Å². The lowest BCUT2D eigenvalue weighted by molar-refractivity contribution is -0.138. The van der Waals surface area contributed by atoms with E-state index in [4.69, 9.17) is 17.3 Å². The molecule has 14 heavy (non-hydrogen) atoms. The second kappa shape index (κ2) is 4.72. The Morgan fingerprint density at radius 3 is 3.00 bits per heavy atom. The maximum Gasteiger partial charge on any atom is 0.325 e. The molecule has 0 radical (unpaired) electrons. The zero-order chi connectivity index (χ0) is 10.6. The third-order valence-corrected chi connectivity index (χ3v) is 2.03. The topological polar surface area (TPSA) is 64.3 Å². The minimum atomic E-state index is -0.357. The van der Waals surface area contributed by atoms with E-state index in [-0.39, 0.29) is 12.5 Å². The van der Waals surface area contributed by atoms with Crippen LogP contribution in [0.4, 0.5) is 11.4 Å². The van der Waals surface area contributed by atoms with Gasteiger partial charge in [0.25, 0.3) is 0 Å². The van der Waals surface area contributed by atoms with Gasteiger partial charge in [-0.1, -0.05) is 17.7 Å². The zero-order valence-corrected chi connectivity index (χ0v) is 8.47. The van der Waals surface area contributed by atoms with Crippen LogP contribution in [0.25, 0.3) is 0 Å². The number of nitrogens with one attached hydrogen (secondary N) is 1. The summed E-state index contributed by atoms with van der Waals surface area (Å²) in [4.78, 5) is 10.8. The first-order valence-corrected chi connectivity index (χ1v) is 4.37. The molecular weight excluding hydrogens is 204 g/mol. The predicted molar refractivity (Wildman–Crippen MR) is 56.4 cm³/mol. The van der Waals surface area contributed by atoms with Crippen LogP contribution >= 0.6 is 11.6 Å². The van der Waals surface area contributed by atoms with Crippen molar-refractivity contribution < 1.29 is 9.53 Å². The van der Waals surface area contributed by atoms with Crippen LogP contribution < -0.4 is 11.1 Å². The highest BCUT2D eigenvalue weighted by Gasteiger charge is 2.04. The van der Waals surface area contributed by atoms with E-state index < -0.39 is 0 Å². The summed E-state index contributed by atoms with van der Waals surface area (Å²) >= 11 is 5.78. The van der Waals surface area contributed by atoms with Crippen molar-refractivity contribution in [2.24, 2.45) is 0 Å². The van der Waals surface area contributed by atoms with Gasteiger partial charge in [-0.25, -0.2) is 0 Å². The van der Waals surface area contributed by atoms with Crippen molar-refractivity contribution in [2.45, 2.75) is 0 Å². The molecule has 0 saturated heterocycles. The molecule has 76 valence electrons. The fourth-order valence-corrected chi connectivity index (χ4v) is 1.11. The second-order valence-corrected chi connectivity index (χ2v) is 3.04. The Hall–Kier alpha value is -1.42. The molecule has 4 nitrogen and oxygen atoms in total. The van der Waals surface area contributed by atoms with Crippen molar-refractivity contribution >= 4 is 28.9 Å². The number of hydrogen-bond acceptors (Lipinski definition) is 4. The van der Waals surface area contributed by atoms with E-state index in [1.54, 1.807) is 18.2 Å². The van der Waals surface area contributed by atoms with Gasteiger partial charge in [0, 0.05) is 0 Å². The molecule has 0 atom stereocenters. The van der Waals surface area contributed by atoms with Gasteiger partial charge in [0.1, 0.15) is 6.54 Å². The molecule has 0 aliphatic carbocycles. The Morgan fingerprint density at radius 1 is 1.64 bits per heavy atom. The lowest BCUT2D eigenvalue weighted by atomic mass is 10.2. The van der Waals surface area contributed by atoms with E-state index in [1.165, 1.54) is 7.11 Å². The van der Waals surface area contributed by atoms with Gasteiger partial charge in [0.05, 0.1) is 23.5 Å². The number of carbonyl (C=O) groups excluding carboxylic acids is 1. The van der Waals surface area contributed by atoms with Crippen molar-refractivity contribution in [1.29, 1.82) is 0 Å². The van der Waals surface area contributed by atoms with Crippen molar-refractivity contribution in [1.82, 2.24) is 0 Å². The molecule has 0 amide bonds. The molecule has 0 saturated carbocycles. The molecule has 0 unspecified atom stereocenters. The van der Waals surface area contributed by atoms with Crippen LogP contribution in [0.5, 0.6) is 0 Å². The van der Waals surface area contributed by atoms with Gasteiger partial charge in [-0.05, 0) is 12.1 Å². The average Bonchev–Trinajstić information content (AvgIpc) is 2.20. The molecule has 5 heteroatoms. The molecule has 0 aliphatic heterocycles. The number of esters is 1. The number of halogens is 1. The quantitative estimate of drug-likeness (QED) is 0.591. The molecule has 0 spiro atoms. The average molecular weight is 215 g/mol. The smallest absolute Gasteiger partial charge is 0.325 e. The third-order valence-electron chi connectivity index (χ3n) is 1.70. The maximum atomic E-state index is 10.8. The summed E-state index contributed by atoms with van der Waals surface area (Å²) in [7, 11) is 1.32. The minimum absolute atomic E-state index is 0.0705. The highest BCUT2D eigenvalue weighted by molar-refractivity contribution is 6.33. The summed E-state index contributed by atoms with van der Waals surface area (Å²) in [6.07, 6.45) is 0. The highest BCUT2D eigenvalue weighted by atomic mass is 35.5. The molecular formula is C9H11ClN2O2. The molecule has 0 fully saturated rings. The molecule has 1 aromatic carbocycles. The van der Waals surface area contributed by atoms with Crippen molar-refractivity contribution in [2.75, 3.05) is 24.7 Å². The number of para-hydroxylation sites is 1. The van der Waals surface area contributed by atoms with E-state index in [0.717, 1.165) is 0 Å². The lowest BCUT2D eigenvalue weighted by Gasteiger charge is -2.08. The first-order chi connectivity index (χ1) is 6.65. The highest BCUT2D eigenvalue weighted by Crippen LogP contribution is 2.26. The SMILES string of the molecule is COC(=O)CNc1cccc(Cl)c1N. The fourth-order valence-electron chi connectivity index (χ4n) is 0.931. The maximum absolute atomic E-state index is 10.8. The Morgan fingerprint density at radius 2 is 2.36 bits per heavy atom. The largest absolute Gasteiger partial charge is 0.468 e. The molecule has 1 rings (SSSR count).